The fraction of sp³-hybridized carbons (Fsp3) is 0.143. The maximum Gasteiger partial charge on any atom is 0.333 e. The fourth-order valence-electron chi connectivity index (χ4n) is 0.800. The van der Waals surface area contributed by atoms with Gasteiger partial charge in [0, 0.05) is 4.47 Å². The number of benzene rings is 1. The molecule has 2 N–H and O–H groups in total. The third-order valence-electron chi connectivity index (χ3n) is 1.39. The highest BCUT2D eigenvalue weighted by atomic mass is 79.9. The molecule has 1 aromatic rings. The second-order valence-electron chi connectivity index (χ2n) is 2.49. The molecule has 14 heavy (non-hydrogen) atoms. The van der Waals surface area contributed by atoms with Gasteiger partial charge < -0.3 is 0 Å². The van der Waals surface area contributed by atoms with E-state index in [-0.39, 0.29) is 6.61 Å². The monoisotopic (exact) mass is 283 g/mol. The molecule has 0 aliphatic rings. The molecule has 0 saturated heterocycles. The van der Waals surface area contributed by atoms with Crippen molar-refractivity contribution in [3.05, 3.63) is 34.1 Å². The van der Waals surface area contributed by atoms with Crippen molar-refractivity contribution in [3.63, 3.8) is 0 Å². The molecule has 0 atom stereocenters. The summed E-state index contributed by atoms with van der Waals surface area (Å²) >= 11 is 3.12. The predicted octanol–water partition coefficient (Wildman–Crippen LogP) is 1.31. The second-order valence-corrected chi connectivity index (χ2v) is 4.57. The average Bonchev–Trinajstić information content (AvgIpc) is 2.05. The van der Waals surface area contributed by atoms with E-state index in [4.69, 9.17) is 0 Å². The van der Waals surface area contributed by atoms with Crippen molar-refractivity contribution in [1.82, 2.24) is 0 Å². The van der Waals surface area contributed by atoms with Crippen molar-refractivity contribution < 1.29 is 17.0 Å². The van der Waals surface area contributed by atoms with Gasteiger partial charge in [-0.2, -0.15) is 8.42 Å². The highest BCUT2D eigenvalue weighted by Gasteiger charge is 2.06. The molecule has 0 radical (unpaired) electrons. The van der Waals surface area contributed by atoms with Crippen molar-refractivity contribution in [3.8, 4) is 0 Å². The number of halogens is 2. The molecule has 0 fully saturated rings. The van der Waals surface area contributed by atoms with Crippen LogP contribution in [0.25, 0.3) is 0 Å². The molecule has 0 saturated carbocycles. The number of nitrogens with two attached hydrogens (primary N) is 1. The third kappa shape index (κ3) is 3.70. The summed E-state index contributed by atoms with van der Waals surface area (Å²) in [6.45, 7) is -0.294. The molecule has 0 bridgehead atoms. The lowest BCUT2D eigenvalue weighted by atomic mass is 10.2. The molecule has 0 unspecified atom stereocenters. The first-order chi connectivity index (χ1) is 6.38. The number of hydrogen-bond donors (Lipinski definition) is 1. The smallest absolute Gasteiger partial charge is 0.253 e. The SMILES string of the molecule is NS(=O)(=O)OCc1cc(F)ccc1Br. The first kappa shape index (κ1) is 11.6. The van der Waals surface area contributed by atoms with Gasteiger partial charge >= 0.3 is 10.3 Å². The van der Waals surface area contributed by atoms with Crippen LogP contribution in [0, 0.1) is 5.82 Å². The van der Waals surface area contributed by atoms with Crippen LogP contribution in [0.4, 0.5) is 4.39 Å². The molecule has 78 valence electrons. The minimum absolute atomic E-state index is 0.294. The van der Waals surface area contributed by atoms with Gasteiger partial charge in [-0.1, -0.05) is 15.9 Å². The molecule has 0 heterocycles. The van der Waals surface area contributed by atoms with Crippen LogP contribution >= 0.6 is 15.9 Å². The molecule has 0 aliphatic heterocycles. The topological polar surface area (TPSA) is 69.4 Å². The molecular formula is C7H7BrFNO3S. The highest BCUT2D eigenvalue weighted by molar-refractivity contribution is 9.10. The fourth-order valence-corrected chi connectivity index (χ4v) is 1.45. The third-order valence-corrected chi connectivity index (χ3v) is 2.61. The van der Waals surface area contributed by atoms with E-state index in [1.54, 1.807) is 0 Å². The van der Waals surface area contributed by atoms with E-state index in [0.29, 0.717) is 10.0 Å². The largest absolute Gasteiger partial charge is 0.333 e. The Hall–Kier alpha value is -0.500. The summed E-state index contributed by atoms with van der Waals surface area (Å²) in [5, 5.41) is 4.61. The number of hydrogen-bond acceptors (Lipinski definition) is 3. The molecule has 0 aliphatic carbocycles. The van der Waals surface area contributed by atoms with Crippen LogP contribution in [0.1, 0.15) is 5.56 Å². The Bertz CT molecular complexity index is 435. The second kappa shape index (κ2) is 4.35. The van der Waals surface area contributed by atoms with Crippen LogP contribution < -0.4 is 5.14 Å². The maximum absolute atomic E-state index is 12.7. The van der Waals surface area contributed by atoms with Gasteiger partial charge in [0.1, 0.15) is 5.82 Å². The van der Waals surface area contributed by atoms with Crippen molar-refractivity contribution >= 4 is 26.2 Å². The quantitative estimate of drug-likeness (QED) is 0.909. The van der Waals surface area contributed by atoms with E-state index >= 15 is 0 Å². The Morgan fingerprint density at radius 2 is 2.14 bits per heavy atom. The molecule has 1 rings (SSSR count). The molecule has 0 amide bonds. The number of rotatable bonds is 3. The zero-order valence-electron chi connectivity index (χ0n) is 6.91. The van der Waals surface area contributed by atoms with Crippen LogP contribution in [-0.4, -0.2) is 8.42 Å². The van der Waals surface area contributed by atoms with Crippen LogP contribution in [0.5, 0.6) is 0 Å². The molecule has 0 aromatic heterocycles. The van der Waals surface area contributed by atoms with Crippen molar-refractivity contribution in [2.75, 3.05) is 0 Å². The van der Waals surface area contributed by atoms with E-state index < -0.39 is 16.1 Å². The van der Waals surface area contributed by atoms with Crippen molar-refractivity contribution in [1.29, 1.82) is 0 Å². The average molecular weight is 284 g/mol. The van der Waals surface area contributed by atoms with Gasteiger partial charge in [-0.05, 0) is 23.8 Å². The van der Waals surface area contributed by atoms with Gasteiger partial charge in [0.2, 0.25) is 0 Å². The summed E-state index contributed by atoms with van der Waals surface area (Å²) in [7, 11) is -4.00. The predicted molar refractivity (Wildman–Crippen MR) is 52.0 cm³/mol. The van der Waals surface area contributed by atoms with Crippen LogP contribution in [0.15, 0.2) is 22.7 Å². The van der Waals surface area contributed by atoms with Crippen molar-refractivity contribution in [2.24, 2.45) is 5.14 Å². The lowest BCUT2D eigenvalue weighted by Gasteiger charge is -2.03. The molecule has 1 aromatic carbocycles. The first-order valence-corrected chi connectivity index (χ1v) is 5.76. The van der Waals surface area contributed by atoms with E-state index in [1.165, 1.54) is 12.1 Å². The summed E-state index contributed by atoms with van der Waals surface area (Å²) in [6.07, 6.45) is 0. The maximum atomic E-state index is 12.7. The minimum Gasteiger partial charge on any atom is -0.253 e. The Kier molecular flexibility index (Phi) is 3.59. The van der Waals surface area contributed by atoms with Crippen molar-refractivity contribution in [2.45, 2.75) is 6.61 Å². The Labute approximate surface area is 89.3 Å². The van der Waals surface area contributed by atoms with Gasteiger partial charge in [0.05, 0.1) is 6.61 Å². The highest BCUT2D eigenvalue weighted by Crippen LogP contribution is 2.18. The van der Waals surface area contributed by atoms with Crippen LogP contribution in [0.2, 0.25) is 0 Å². The van der Waals surface area contributed by atoms with Crippen LogP contribution in [-0.2, 0) is 21.1 Å². The first-order valence-electron chi connectivity index (χ1n) is 3.49. The van der Waals surface area contributed by atoms with Gasteiger partial charge in [-0.25, -0.2) is 9.53 Å². The summed E-state index contributed by atoms with van der Waals surface area (Å²) < 4.78 is 38.5. The summed E-state index contributed by atoms with van der Waals surface area (Å²) in [6, 6.07) is 3.86. The van der Waals surface area contributed by atoms with Gasteiger partial charge in [-0.15, -0.1) is 0 Å². The standard InChI is InChI=1S/C7H7BrFNO3S/c8-7-2-1-6(9)3-5(7)4-13-14(10,11)12/h1-3H,4H2,(H2,10,11,12). The normalized spacial score (nSPS) is 11.6. The lowest BCUT2D eigenvalue weighted by Crippen LogP contribution is -2.15. The zero-order chi connectivity index (χ0) is 10.8. The minimum atomic E-state index is -4.00. The summed E-state index contributed by atoms with van der Waals surface area (Å²) in [4.78, 5) is 0. The van der Waals surface area contributed by atoms with Gasteiger partial charge in [-0.3, -0.25) is 4.18 Å². The summed E-state index contributed by atoms with van der Waals surface area (Å²) in [5.74, 6) is -0.471. The zero-order valence-corrected chi connectivity index (χ0v) is 9.31. The summed E-state index contributed by atoms with van der Waals surface area (Å²) in [5.41, 5.74) is 0.374. The van der Waals surface area contributed by atoms with E-state index in [9.17, 15) is 12.8 Å². The molecule has 7 heteroatoms. The Morgan fingerprint density at radius 1 is 1.50 bits per heavy atom. The van der Waals surface area contributed by atoms with Gasteiger partial charge in [0.25, 0.3) is 0 Å². The molecule has 4 nitrogen and oxygen atoms in total. The van der Waals surface area contributed by atoms with E-state index in [1.807, 2.05) is 0 Å². The van der Waals surface area contributed by atoms with Crippen LogP contribution in [0.3, 0.4) is 0 Å². The Balaban J connectivity index is 2.81. The Morgan fingerprint density at radius 3 is 2.71 bits per heavy atom. The lowest BCUT2D eigenvalue weighted by molar-refractivity contribution is 0.307. The van der Waals surface area contributed by atoms with Gasteiger partial charge in [0.15, 0.2) is 0 Å². The van der Waals surface area contributed by atoms with E-state index in [2.05, 4.69) is 25.3 Å². The van der Waals surface area contributed by atoms with E-state index in [0.717, 1.165) is 6.07 Å². The molecular weight excluding hydrogens is 277 g/mol. The molecule has 0 spiro atoms.